The second-order valence-corrected chi connectivity index (χ2v) is 9.65. The lowest BCUT2D eigenvalue weighted by Crippen LogP contribution is -2.49. The van der Waals surface area contributed by atoms with Crippen LogP contribution in [-0.4, -0.2) is 30.9 Å². The smallest absolute Gasteiger partial charge is 0.347 e. The highest BCUT2D eigenvalue weighted by Crippen LogP contribution is 2.62. The van der Waals surface area contributed by atoms with E-state index in [-0.39, 0.29) is 30.5 Å². The zero-order chi connectivity index (χ0) is 24.6. The van der Waals surface area contributed by atoms with Gasteiger partial charge in [-0.1, -0.05) is 42.5 Å². The molecular weight excluding hydrogens is 448 g/mol. The Kier molecular flexibility index (Phi) is 4.39. The van der Waals surface area contributed by atoms with Gasteiger partial charge in [-0.25, -0.2) is 28.4 Å². The fourth-order valence-corrected chi connectivity index (χ4v) is 6.28. The van der Waals surface area contributed by atoms with Crippen LogP contribution < -0.4 is 16.3 Å². The first-order chi connectivity index (χ1) is 16.8. The lowest BCUT2D eigenvalue weighted by molar-refractivity contribution is -0.129. The number of carbonyl (C=O) groups is 2. The van der Waals surface area contributed by atoms with Gasteiger partial charge in [0.15, 0.2) is 0 Å². The maximum absolute atomic E-state index is 14.1. The van der Waals surface area contributed by atoms with Crippen LogP contribution in [0, 0.1) is 11.3 Å². The predicted molar refractivity (Wildman–Crippen MR) is 127 cm³/mol. The average Bonchev–Trinajstić information content (AvgIpc) is 3.20. The molecule has 4 atom stereocenters. The van der Waals surface area contributed by atoms with Gasteiger partial charge in [0.1, 0.15) is 5.75 Å². The molecule has 2 aliphatic heterocycles. The van der Waals surface area contributed by atoms with E-state index in [4.69, 9.17) is 0 Å². The Bertz CT molecular complexity index is 1550. The molecule has 6 rings (SSSR count). The van der Waals surface area contributed by atoms with Gasteiger partial charge in [0, 0.05) is 18.5 Å². The van der Waals surface area contributed by atoms with Gasteiger partial charge in [-0.2, -0.15) is 0 Å². The van der Waals surface area contributed by atoms with Crippen LogP contribution in [0.3, 0.4) is 0 Å². The first-order valence-corrected chi connectivity index (χ1v) is 11.6. The minimum atomic E-state index is -1.19. The van der Waals surface area contributed by atoms with Crippen molar-refractivity contribution in [2.75, 3.05) is 4.90 Å². The molecule has 0 unspecified atom stereocenters. The van der Waals surface area contributed by atoms with Crippen molar-refractivity contribution in [3.05, 3.63) is 92.8 Å². The number of aromatic hydroxyl groups is 1. The fourth-order valence-electron chi connectivity index (χ4n) is 6.28. The Labute approximate surface area is 200 Å². The molecule has 178 valence electrons. The number of hydrogen-bond acceptors (Lipinski definition) is 5. The van der Waals surface area contributed by atoms with Crippen molar-refractivity contribution in [3.63, 3.8) is 0 Å². The number of fused-ring (bicyclic) bond motifs is 4. The highest BCUT2D eigenvalue weighted by molar-refractivity contribution is 6.24. The summed E-state index contributed by atoms with van der Waals surface area (Å²) >= 11 is 0. The Morgan fingerprint density at radius 2 is 1.63 bits per heavy atom. The van der Waals surface area contributed by atoms with Crippen molar-refractivity contribution in [2.45, 2.75) is 31.8 Å². The Morgan fingerprint density at radius 3 is 2.34 bits per heavy atom. The summed E-state index contributed by atoms with van der Waals surface area (Å²) < 4.78 is 3.84. The second-order valence-electron chi connectivity index (χ2n) is 9.65. The van der Waals surface area contributed by atoms with Crippen LogP contribution in [0.15, 0.2) is 75.8 Å². The third-order valence-corrected chi connectivity index (χ3v) is 7.99. The summed E-state index contributed by atoms with van der Waals surface area (Å²) in [6, 6.07) is 15.0. The van der Waals surface area contributed by atoms with Gasteiger partial charge in [0.05, 0.1) is 29.6 Å². The van der Waals surface area contributed by atoms with Crippen LogP contribution >= 0.6 is 0 Å². The number of phenols is 1. The summed E-state index contributed by atoms with van der Waals surface area (Å²) in [5.41, 5.74) is -0.324. The van der Waals surface area contributed by atoms with Crippen LogP contribution in [-0.2, 0) is 23.2 Å². The van der Waals surface area contributed by atoms with E-state index >= 15 is 0 Å². The summed E-state index contributed by atoms with van der Waals surface area (Å²) in [7, 11) is 1.43. The summed E-state index contributed by atoms with van der Waals surface area (Å²) in [4.78, 5) is 54.9. The molecule has 35 heavy (non-hydrogen) atoms. The van der Waals surface area contributed by atoms with Crippen molar-refractivity contribution < 1.29 is 14.7 Å². The van der Waals surface area contributed by atoms with Gasteiger partial charge in [0.2, 0.25) is 11.8 Å². The monoisotopic (exact) mass is 472 g/mol. The van der Waals surface area contributed by atoms with Gasteiger partial charge in [-0.3, -0.25) is 9.59 Å². The normalized spacial score (nSPS) is 27.3. The number of anilines is 1. The molecule has 9 heteroatoms. The molecule has 1 saturated heterocycles. The minimum absolute atomic E-state index is 0.0146. The number of hydrogen-bond donors (Lipinski definition) is 1. The second kappa shape index (κ2) is 7.18. The van der Waals surface area contributed by atoms with Crippen molar-refractivity contribution in [1.29, 1.82) is 0 Å². The first kappa shape index (κ1) is 21.4. The third kappa shape index (κ3) is 2.63. The van der Waals surface area contributed by atoms with Gasteiger partial charge < -0.3 is 5.11 Å². The number of benzene rings is 2. The summed E-state index contributed by atoms with van der Waals surface area (Å²) in [5.74, 6) is -2.08. The largest absolute Gasteiger partial charge is 0.508 e. The number of allylic oxidation sites excluding steroid dienone is 2. The summed E-state index contributed by atoms with van der Waals surface area (Å²) in [6.07, 6.45) is 2.07. The number of rotatable bonds is 2. The van der Waals surface area contributed by atoms with E-state index in [1.807, 2.05) is 12.1 Å². The van der Waals surface area contributed by atoms with Crippen molar-refractivity contribution in [1.82, 2.24) is 13.9 Å². The number of phenolic OH excluding ortho intramolecular Hbond substituents is 1. The molecule has 3 heterocycles. The van der Waals surface area contributed by atoms with Crippen molar-refractivity contribution in [3.8, 4) is 5.75 Å². The highest BCUT2D eigenvalue weighted by atomic mass is 16.3. The van der Waals surface area contributed by atoms with Crippen LogP contribution in [0.25, 0.3) is 0 Å². The standard InChI is InChI=1S/C26H24N4O5/c1-26-18(22(32)29(23(26)33)15-8-4-3-5-9-15)14-19-16(21(26)17-10-6-7-11-20(17)31)12-13-28-24(34)27(2)25(35)30(19)28/h3-12,18-19,21,31H,13-14H2,1-2H3/t18-,19+,21+,26+/m0/s1. The highest BCUT2D eigenvalue weighted by Gasteiger charge is 2.65. The Morgan fingerprint density at radius 1 is 0.943 bits per heavy atom. The number of imide groups is 1. The quantitative estimate of drug-likeness (QED) is 0.453. The van der Waals surface area contributed by atoms with E-state index in [1.165, 1.54) is 21.3 Å². The molecule has 2 amide bonds. The van der Waals surface area contributed by atoms with Gasteiger partial charge in [-0.05, 0) is 37.1 Å². The molecular formula is C26H24N4O5. The predicted octanol–water partition coefficient (Wildman–Crippen LogP) is 1.92. The first-order valence-electron chi connectivity index (χ1n) is 11.6. The average molecular weight is 473 g/mol. The molecule has 3 aliphatic rings. The zero-order valence-corrected chi connectivity index (χ0v) is 19.3. The van der Waals surface area contributed by atoms with Crippen LogP contribution in [0.1, 0.15) is 30.9 Å². The van der Waals surface area contributed by atoms with E-state index in [1.54, 1.807) is 55.5 Å². The molecule has 0 spiro atoms. The Hall–Kier alpha value is -4.14. The molecule has 0 radical (unpaired) electrons. The zero-order valence-electron chi connectivity index (χ0n) is 19.3. The number of aromatic nitrogens is 3. The van der Waals surface area contributed by atoms with Gasteiger partial charge >= 0.3 is 11.4 Å². The van der Waals surface area contributed by atoms with E-state index in [9.17, 15) is 24.3 Å². The van der Waals surface area contributed by atoms with Crippen molar-refractivity contribution in [2.24, 2.45) is 18.4 Å². The SMILES string of the molecule is Cn1c(=O)n2n(c1=O)[C@@H]1C[C@H]3C(=O)N(c4ccccc4)C(=O)[C@@]3(C)[C@@H](c3ccccc3O)C1=CC2. The maximum Gasteiger partial charge on any atom is 0.347 e. The molecule has 1 saturated carbocycles. The van der Waals surface area contributed by atoms with E-state index in [0.29, 0.717) is 11.3 Å². The molecule has 2 fully saturated rings. The minimum Gasteiger partial charge on any atom is -0.508 e. The molecule has 1 N–H and O–H groups in total. The topological polar surface area (TPSA) is 107 Å². The number of carbonyl (C=O) groups excluding carboxylic acids is 2. The number of nitrogens with zero attached hydrogens (tertiary/aromatic N) is 4. The van der Waals surface area contributed by atoms with E-state index in [0.717, 1.165) is 10.1 Å². The number of amides is 2. The molecule has 2 aromatic carbocycles. The molecule has 1 aromatic heterocycles. The summed E-state index contributed by atoms with van der Waals surface area (Å²) in [5, 5.41) is 10.9. The third-order valence-electron chi connectivity index (χ3n) is 7.99. The lowest BCUT2D eigenvalue weighted by Gasteiger charge is -2.47. The van der Waals surface area contributed by atoms with E-state index < -0.39 is 34.7 Å². The van der Waals surface area contributed by atoms with Crippen LogP contribution in [0.5, 0.6) is 5.75 Å². The molecule has 1 aliphatic carbocycles. The fraction of sp³-hybridized carbons (Fsp3) is 0.308. The number of para-hydroxylation sites is 2. The molecule has 0 bridgehead atoms. The summed E-state index contributed by atoms with van der Waals surface area (Å²) in [6.45, 7) is 1.95. The van der Waals surface area contributed by atoms with Gasteiger partial charge in [-0.15, -0.1) is 0 Å². The van der Waals surface area contributed by atoms with Crippen molar-refractivity contribution >= 4 is 17.5 Å². The maximum atomic E-state index is 14.1. The molecule has 9 nitrogen and oxygen atoms in total. The van der Waals surface area contributed by atoms with Crippen LogP contribution in [0.4, 0.5) is 5.69 Å². The lowest BCUT2D eigenvalue weighted by atomic mass is 9.56. The van der Waals surface area contributed by atoms with Crippen LogP contribution in [0.2, 0.25) is 0 Å². The van der Waals surface area contributed by atoms with Gasteiger partial charge in [0.25, 0.3) is 0 Å². The Balaban J connectivity index is 1.61. The van der Waals surface area contributed by atoms with E-state index in [2.05, 4.69) is 0 Å². The molecule has 3 aromatic rings.